The molecule has 350 valence electrons. The van der Waals surface area contributed by atoms with E-state index < -0.39 is 40.7 Å². The zero-order valence-electron chi connectivity index (χ0n) is 37.4. The fourth-order valence-corrected chi connectivity index (χ4v) is 10.9. The Morgan fingerprint density at radius 3 is 2.27 bits per heavy atom. The molecule has 2 aromatic heterocycles. The highest BCUT2D eigenvalue weighted by molar-refractivity contribution is 6.06. The lowest BCUT2D eigenvalue weighted by atomic mass is 9.57. The smallest absolute Gasteiger partial charge is 0.328 e. The van der Waals surface area contributed by atoms with Crippen LogP contribution in [0.1, 0.15) is 84.1 Å². The molecule has 11 rings (SSSR count). The number of piperazine rings is 1. The number of carbonyl (C=O) groups is 4. The van der Waals surface area contributed by atoms with Crippen LogP contribution >= 0.6 is 0 Å². The van der Waals surface area contributed by atoms with Crippen molar-refractivity contribution in [2.75, 3.05) is 68.7 Å². The fraction of sp³-hybridized carbons (Fsp3) is 0.449. The first-order chi connectivity index (χ1) is 32.3. The van der Waals surface area contributed by atoms with Crippen molar-refractivity contribution in [2.45, 2.75) is 70.3 Å². The molecule has 6 aliphatic rings. The van der Waals surface area contributed by atoms with E-state index in [0.29, 0.717) is 42.3 Å². The van der Waals surface area contributed by atoms with Gasteiger partial charge in [0.2, 0.25) is 17.7 Å². The fourth-order valence-electron chi connectivity index (χ4n) is 10.9. The number of urea groups is 1. The summed E-state index contributed by atoms with van der Waals surface area (Å²) in [6.07, 6.45) is 12.9. The molecule has 5 amide bonds. The SMILES string of the molecule is Cc1ccc(C(=O)N2CCC(CN3CCN(c4ncc(-c5ccc6cn([C@]78CC[C@](CNC(=O)c9cc(F)c(O)c(F)c9F)(CC7)CC8)nc6c5)cn4)CC3)CC2)cc1N1CCC(=O)NC1=O. The number of phenolic OH excluding ortho intramolecular Hbond substituents is 1. The van der Waals surface area contributed by atoms with Crippen molar-refractivity contribution in [3.05, 3.63) is 95.2 Å². The molecule has 5 heterocycles. The van der Waals surface area contributed by atoms with Crippen LogP contribution in [0.5, 0.6) is 5.75 Å². The number of imide groups is 1. The summed E-state index contributed by atoms with van der Waals surface area (Å²) in [4.78, 5) is 68.2. The molecule has 5 aromatic rings. The predicted molar refractivity (Wildman–Crippen MR) is 243 cm³/mol. The van der Waals surface area contributed by atoms with Gasteiger partial charge < -0.3 is 20.2 Å². The van der Waals surface area contributed by atoms with E-state index in [2.05, 4.69) is 49.5 Å². The molecule has 15 nitrogen and oxygen atoms in total. The highest BCUT2D eigenvalue weighted by Gasteiger charge is 2.50. The summed E-state index contributed by atoms with van der Waals surface area (Å²) in [5.74, 6) is -6.24. The highest BCUT2D eigenvalue weighted by atomic mass is 19.2. The van der Waals surface area contributed by atoms with E-state index in [-0.39, 0.29) is 42.3 Å². The number of aromatic hydroxyl groups is 1. The molecule has 0 atom stereocenters. The quantitative estimate of drug-likeness (QED) is 0.131. The number of phenols is 1. The lowest BCUT2D eigenvalue weighted by molar-refractivity contribution is -0.120. The maximum Gasteiger partial charge on any atom is 0.328 e. The van der Waals surface area contributed by atoms with Crippen LogP contribution in [0.3, 0.4) is 0 Å². The number of rotatable bonds is 10. The van der Waals surface area contributed by atoms with Crippen molar-refractivity contribution >= 4 is 46.3 Å². The minimum absolute atomic E-state index is 0.0392. The van der Waals surface area contributed by atoms with Crippen molar-refractivity contribution in [3.8, 4) is 16.9 Å². The van der Waals surface area contributed by atoms with Crippen molar-refractivity contribution in [1.82, 2.24) is 40.2 Å². The Morgan fingerprint density at radius 1 is 0.851 bits per heavy atom. The van der Waals surface area contributed by atoms with Crippen molar-refractivity contribution in [2.24, 2.45) is 11.3 Å². The van der Waals surface area contributed by atoms with Gasteiger partial charge in [-0.2, -0.15) is 9.49 Å². The minimum Gasteiger partial charge on any atom is -0.503 e. The Morgan fingerprint density at radius 2 is 1.57 bits per heavy atom. The number of anilines is 2. The van der Waals surface area contributed by atoms with Gasteiger partial charge in [-0.1, -0.05) is 18.2 Å². The molecular formula is C49H53F3N10O5. The molecule has 3 aromatic carbocycles. The molecule has 3 aliphatic heterocycles. The van der Waals surface area contributed by atoms with Crippen LogP contribution in [-0.2, 0) is 10.3 Å². The zero-order chi connectivity index (χ0) is 46.6. The zero-order valence-corrected chi connectivity index (χ0v) is 37.4. The van der Waals surface area contributed by atoms with Gasteiger partial charge in [-0.25, -0.2) is 23.5 Å². The molecule has 0 radical (unpaired) electrons. The number of hydrogen-bond acceptors (Lipinski definition) is 10. The summed E-state index contributed by atoms with van der Waals surface area (Å²) >= 11 is 0. The average Bonchev–Trinajstić information content (AvgIpc) is 3.80. The van der Waals surface area contributed by atoms with E-state index in [1.165, 1.54) is 4.90 Å². The van der Waals surface area contributed by atoms with Crippen molar-refractivity contribution in [1.29, 1.82) is 0 Å². The normalized spacial score (nSPS) is 22.7. The van der Waals surface area contributed by atoms with Gasteiger partial charge in [-0.05, 0) is 105 Å². The van der Waals surface area contributed by atoms with Gasteiger partial charge in [0.15, 0.2) is 17.4 Å². The third-order valence-electron chi connectivity index (χ3n) is 15.2. The Bertz CT molecular complexity index is 2740. The summed E-state index contributed by atoms with van der Waals surface area (Å²) in [5, 5.41) is 20.5. The summed E-state index contributed by atoms with van der Waals surface area (Å²) in [6.45, 7) is 8.22. The van der Waals surface area contributed by atoms with E-state index in [1.807, 2.05) is 36.4 Å². The summed E-state index contributed by atoms with van der Waals surface area (Å²) < 4.78 is 44.2. The second-order valence-electron chi connectivity index (χ2n) is 19.2. The monoisotopic (exact) mass is 918 g/mol. The summed E-state index contributed by atoms with van der Waals surface area (Å²) in [5.41, 5.74) is 3.67. The molecule has 0 unspecified atom stereocenters. The van der Waals surface area contributed by atoms with E-state index >= 15 is 0 Å². The average molecular weight is 919 g/mol. The summed E-state index contributed by atoms with van der Waals surface area (Å²) in [6, 6.07) is 11.7. The Balaban J connectivity index is 0.691. The third kappa shape index (κ3) is 8.55. The second kappa shape index (κ2) is 17.6. The molecule has 6 fully saturated rings. The van der Waals surface area contributed by atoms with Gasteiger partial charge in [0.1, 0.15) is 0 Å². The van der Waals surface area contributed by atoms with Gasteiger partial charge in [0.25, 0.3) is 11.8 Å². The Labute approximate surface area is 385 Å². The summed E-state index contributed by atoms with van der Waals surface area (Å²) in [7, 11) is 0. The molecule has 3 N–H and O–H groups in total. The molecule has 3 saturated heterocycles. The van der Waals surface area contributed by atoms with Crippen LogP contribution in [0.25, 0.3) is 22.0 Å². The first kappa shape index (κ1) is 44.3. The first-order valence-electron chi connectivity index (χ1n) is 23.2. The van der Waals surface area contributed by atoms with Crippen LogP contribution in [0.2, 0.25) is 0 Å². The first-order valence-corrected chi connectivity index (χ1v) is 23.2. The maximum absolute atomic E-state index is 14.3. The standard InChI is InChI=1S/C49H53F3N10O5/c1-30-2-3-33(23-39(30)61-17-8-40(63)56-47(61)67)45(66)59-15-6-31(7-16-59)27-58-18-20-60(21-19-58)46-53-25-35(26-54-46)32-4-5-34-28-62(57-38(34)22-32)49-12-9-48(10-13-49,11-14-49)29-55-44(65)36-24-37(50)43(64)42(52)41(36)51/h2-5,22-26,28,31,64H,6-21,27,29H2,1H3,(H,55,65)(H,56,63,67)/t48-,49+. The highest BCUT2D eigenvalue weighted by Crippen LogP contribution is 2.55. The number of nitrogens with zero attached hydrogens (tertiary/aromatic N) is 8. The van der Waals surface area contributed by atoms with Crippen LogP contribution in [0.15, 0.2) is 61.1 Å². The number of piperidine rings is 1. The van der Waals surface area contributed by atoms with Crippen LogP contribution in [0, 0.1) is 35.7 Å². The molecule has 3 saturated carbocycles. The van der Waals surface area contributed by atoms with Crippen molar-refractivity contribution < 1.29 is 37.5 Å². The predicted octanol–water partition coefficient (Wildman–Crippen LogP) is 6.52. The molecular weight excluding hydrogens is 866 g/mol. The van der Waals surface area contributed by atoms with Crippen LogP contribution in [-0.4, -0.2) is 117 Å². The van der Waals surface area contributed by atoms with Gasteiger partial charge in [-0.3, -0.25) is 34.2 Å². The Hall–Kier alpha value is -6.56. The van der Waals surface area contributed by atoms with Crippen LogP contribution < -0.4 is 20.4 Å². The number of halogens is 3. The lowest BCUT2D eigenvalue weighted by Crippen LogP contribution is -2.51. The van der Waals surface area contributed by atoms with E-state index in [9.17, 15) is 37.5 Å². The van der Waals surface area contributed by atoms with E-state index in [0.717, 1.165) is 112 Å². The van der Waals surface area contributed by atoms with Crippen LogP contribution in [0.4, 0.5) is 29.6 Å². The molecule has 2 bridgehead atoms. The van der Waals surface area contributed by atoms with E-state index in [4.69, 9.17) is 15.1 Å². The van der Waals surface area contributed by atoms with Crippen molar-refractivity contribution in [3.63, 3.8) is 0 Å². The third-order valence-corrected chi connectivity index (χ3v) is 15.2. The number of carbonyl (C=O) groups excluding carboxylic acids is 4. The number of fused-ring (bicyclic) bond motifs is 4. The minimum atomic E-state index is -1.78. The molecule has 0 spiro atoms. The number of aryl methyl sites for hydroxylation is 1. The molecule has 18 heteroatoms. The maximum atomic E-state index is 14.3. The van der Waals surface area contributed by atoms with Gasteiger partial charge >= 0.3 is 6.03 Å². The van der Waals surface area contributed by atoms with Gasteiger partial charge in [-0.15, -0.1) is 0 Å². The van der Waals surface area contributed by atoms with Gasteiger partial charge in [0, 0.05) is 106 Å². The Kier molecular flexibility index (Phi) is 11.6. The molecule has 3 aliphatic carbocycles. The lowest BCUT2D eigenvalue weighted by Gasteiger charge is -2.53. The number of amides is 5. The van der Waals surface area contributed by atoms with Gasteiger partial charge in [0.05, 0.1) is 16.6 Å². The number of nitrogens with one attached hydrogen (secondary N) is 2. The number of aromatic nitrogens is 4. The largest absolute Gasteiger partial charge is 0.503 e. The number of hydrogen-bond donors (Lipinski definition) is 3. The van der Waals surface area contributed by atoms with E-state index in [1.54, 1.807) is 6.07 Å². The number of benzene rings is 3. The second-order valence-corrected chi connectivity index (χ2v) is 19.2. The molecule has 67 heavy (non-hydrogen) atoms. The topological polar surface area (TPSA) is 169 Å². The number of likely N-dealkylation sites (tertiary alicyclic amines) is 1.